The van der Waals surface area contributed by atoms with Gasteiger partial charge >= 0.3 is 6.18 Å². The fraction of sp³-hybridized carbons (Fsp3) is 0.400. The summed E-state index contributed by atoms with van der Waals surface area (Å²) in [6, 6.07) is 8.07. The van der Waals surface area contributed by atoms with E-state index >= 15 is 0 Å². The van der Waals surface area contributed by atoms with Crippen LogP contribution in [0.4, 0.5) is 24.7 Å². The van der Waals surface area contributed by atoms with Crippen LogP contribution in [0.15, 0.2) is 42.6 Å². The molecule has 0 aliphatic heterocycles. The van der Waals surface area contributed by atoms with Crippen LogP contribution in [0.25, 0.3) is 0 Å². The molecule has 3 rings (SSSR count). The molecule has 1 aliphatic carbocycles. The lowest BCUT2D eigenvalue weighted by atomic mass is 9.89. The van der Waals surface area contributed by atoms with Gasteiger partial charge in [0.05, 0.1) is 11.1 Å². The molecule has 0 saturated heterocycles. The van der Waals surface area contributed by atoms with E-state index < -0.39 is 11.7 Å². The summed E-state index contributed by atoms with van der Waals surface area (Å²) in [4.78, 5) is 16.7. The molecule has 0 atom stereocenters. The lowest BCUT2D eigenvalue weighted by molar-refractivity contribution is -0.137. The zero-order chi connectivity index (χ0) is 19.3. The van der Waals surface area contributed by atoms with Crippen molar-refractivity contribution >= 4 is 17.4 Å². The molecule has 1 heterocycles. The van der Waals surface area contributed by atoms with Gasteiger partial charge in [-0.05, 0) is 49.1 Å². The first-order valence-corrected chi connectivity index (χ1v) is 9.11. The number of hydrogen-bond acceptors (Lipinski definition) is 3. The van der Waals surface area contributed by atoms with Gasteiger partial charge in [0, 0.05) is 18.4 Å². The Morgan fingerprint density at radius 3 is 2.63 bits per heavy atom. The minimum absolute atomic E-state index is 0.227. The Hall–Kier alpha value is -2.57. The molecule has 1 aromatic heterocycles. The maximum atomic E-state index is 12.9. The smallest absolute Gasteiger partial charge is 0.352 e. The van der Waals surface area contributed by atoms with Crippen LogP contribution < -0.4 is 10.6 Å². The van der Waals surface area contributed by atoms with E-state index in [0.717, 1.165) is 25.0 Å². The zero-order valence-electron chi connectivity index (χ0n) is 14.9. The number of alkyl halides is 3. The molecule has 1 aromatic carbocycles. The second kappa shape index (κ2) is 8.41. The highest BCUT2D eigenvalue weighted by Gasteiger charge is 2.30. The van der Waals surface area contributed by atoms with Crippen LogP contribution in [0.1, 0.15) is 48.0 Å². The standard InChI is InChI=1S/C20H22F3N3O/c21-20(22,23)15-8-4-9-16(12-15)26-18-17(10-5-11-24-18)19(27)25-13-14-6-2-1-3-7-14/h4-5,8-12,14H,1-3,6-7,13H2,(H,24,26)(H,25,27). The van der Waals surface area contributed by atoms with Gasteiger partial charge < -0.3 is 10.6 Å². The summed E-state index contributed by atoms with van der Waals surface area (Å²) in [6.07, 6.45) is 2.92. The molecule has 0 bridgehead atoms. The third-order valence-corrected chi connectivity index (χ3v) is 4.78. The van der Waals surface area contributed by atoms with Crippen molar-refractivity contribution in [3.05, 3.63) is 53.7 Å². The Morgan fingerprint density at radius 2 is 1.89 bits per heavy atom. The molecule has 0 unspecified atom stereocenters. The van der Waals surface area contributed by atoms with Crippen LogP contribution in [0.3, 0.4) is 0 Å². The maximum absolute atomic E-state index is 12.9. The second-order valence-electron chi connectivity index (χ2n) is 6.82. The highest BCUT2D eigenvalue weighted by Crippen LogP contribution is 2.31. The molecule has 2 aromatic rings. The van der Waals surface area contributed by atoms with Crippen molar-refractivity contribution < 1.29 is 18.0 Å². The molecule has 7 heteroatoms. The highest BCUT2D eigenvalue weighted by molar-refractivity contribution is 5.99. The van der Waals surface area contributed by atoms with Gasteiger partial charge in [0.2, 0.25) is 0 Å². The number of amides is 1. The molecule has 4 nitrogen and oxygen atoms in total. The van der Waals surface area contributed by atoms with Crippen LogP contribution in [0.5, 0.6) is 0 Å². The molecular formula is C20H22F3N3O. The summed E-state index contributed by atoms with van der Waals surface area (Å²) in [6.45, 7) is 0.608. The molecular weight excluding hydrogens is 355 g/mol. The third kappa shape index (κ3) is 5.21. The van der Waals surface area contributed by atoms with E-state index in [4.69, 9.17) is 0 Å². The average Bonchev–Trinajstić information content (AvgIpc) is 2.67. The van der Waals surface area contributed by atoms with Crippen LogP contribution in [-0.4, -0.2) is 17.4 Å². The molecule has 0 spiro atoms. The normalized spacial score (nSPS) is 15.4. The number of halogens is 3. The largest absolute Gasteiger partial charge is 0.416 e. The first kappa shape index (κ1) is 19.2. The first-order valence-electron chi connectivity index (χ1n) is 9.11. The Bertz CT molecular complexity index is 786. The number of carbonyl (C=O) groups excluding carboxylic acids is 1. The van der Waals surface area contributed by atoms with E-state index in [0.29, 0.717) is 18.0 Å². The minimum atomic E-state index is -4.43. The predicted octanol–water partition coefficient (Wildman–Crippen LogP) is 5.15. The van der Waals surface area contributed by atoms with Crippen LogP contribution >= 0.6 is 0 Å². The lowest BCUT2D eigenvalue weighted by Crippen LogP contribution is -2.30. The first-order chi connectivity index (χ1) is 12.9. The van der Waals surface area contributed by atoms with Gasteiger partial charge in [-0.1, -0.05) is 25.3 Å². The van der Waals surface area contributed by atoms with Gasteiger partial charge in [0.1, 0.15) is 5.82 Å². The van der Waals surface area contributed by atoms with Crippen molar-refractivity contribution in [1.82, 2.24) is 10.3 Å². The molecule has 1 fully saturated rings. The quantitative estimate of drug-likeness (QED) is 0.757. The fourth-order valence-electron chi connectivity index (χ4n) is 3.32. The topological polar surface area (TPSA) is 54.0 Å². The summed E-state index contributed by atoms with van der Waals surface area (Å²) < 4.78 is 38.7. The molecule has 1 amide bonds. The average molecular weight is 377 g/mol. The maximum Gasteiger partial charge on any atom is 0.416 e. The van der Waals surface area contributed by atoms with E-state index in [9.17, 15) is 18.0 Å². The summed E-state index contributed by atoms with van der Waals surface area (Å²) in [5.74, 6) is 0.445. The van der Waals surface area contributed by atoms with Crippen molar-refractivity contribution in [1.29, 1.82) is 0 Å². The van der Waals surface area contributed by atoms with Gasteiger partial charge in [0.15, 0.2) is 0 Å². The van der Waals surface area contributed by atoms with Crippen LogP contribution in [0, 0.1) is 5.92 Å². The number of anilines is 2. The van der Waals surface area contributed by atoms with Crippen molar-refractivity contribution in [2.24, 2.45) is 5.92 Å². The summed E-state index contributed by atoms with van der Waals surface area (Å²) in [5.41, 5.74) is -0.220. The third-order valence-electron chi connectivity index (χ3n) is 4.78. The van der Waals surface area contributed by atoms with Crippen LogP contribution in [-0.2, 0) is 6.18 Å². The van der Waals surface area contributed by atoms with E-state index in [1.54, 1.807) is 12.1 Å². The number of nitrogens with zero attached hydrogens (tertiary/aromatic N) is 1. The van der Waals surface area contributed by atoms with E-state index in [1.807, 2.05) is 0 Å². The Labute approximate surface area is 156 Å². The molecule has 2 N–H and O–H groups in total. The number of benzene rings is 1. The predicted molar refractivity (Wildman–Crippen MR) is 97.9 cm³/mol. The number of hydrogen-bond donors (Lipinski definition) is 2. The second-order valence-corrected chi connectivity index (χ2v) is 6.82. The summed E-state index contributed by atoms with van der Waals surface area (Å²) in [7, 11) is 0. The van der Waals surface area contributed by atoms with Gasteiger partial charge in [-0.3, -0.25) is 4.79 Å². The van der Waals surface area contributed by atoms with Crippen molar-refractivity contribution in [2.75, 3.05) is 11.9 Å². The van der Waals surface area contributed by atoms with Gasteiger partial charge in [-0.15, -0.1) is 0 Å². The van der Waals surface area contributed by atoms with Gasteiger partial charge in [0.25, 0.3) is 5.91 Å². The SMILES string of the molecule is O=C(NCC1CCCCC1)c1cccnc1Nc1cccc(C(F)(F)F)c1. The zero-order valence-corrected chi connectivity index (χ0v) is 14.9. The number of rotatable bonds is 5. The summed E-state index contributed by atoms with van der Waals surface area (Å²) in [5, 5.41) is 5.76. The Morgan fingerprint density at radius 1 is 1.11 bits per heavy atom. The number of aromatic nitrogens is 1. The lowest BCUT2D eigenvalue weighted by Gasteiger charge is -2.22. The summed E-state index contributed by atoms with van der Waals surface area (Å²) >= 11 is 0. The number of pyridine rings is 1. The van der Waals surface area contributed by atoms with Crippen molar-refractivity contribution in [3.63, 3.8) is 0 Å². The molecule has 1 aliphatic rings. The molecule has 144 valence electrons. The monoisotopic (exact) mass is 377 g/mol. The fourth-order valence-corrected chi connectivity index (χ4v) is 3.32. The Balaban J connectivity index is 1.71. The molecule has 0 radical (unpaired) electrons. The van der Waals surface area contributed by atoms with Gasteiger partial charge in [-0.25, -0.2) is 4.98 Å². The highest BCUT2D eigenvalue weighted by atomic mass is 19.4. The van der Waals surface area contributed by atoms with E-state index in [-0.39, 0.29) is 17.4 Å². The molecule has 27 heavy (non-hydrogen) atoms. The van der Waals surface area contributed by atoms with Gasteiger partial charge in [-0.2, -0.15) is 13.2 Å². The van der Waals surface area contributed by atoms with E-state index in [1.165, 1.54) is 37.6 Å². The van der Waals surface area contributed by atoms with Crippen LogP contribution in [0.2, 0.25) is 0 Å². The Kier molecular flexibility index (Phi) is 5.98. The number of nitrogens with one attached hydrogen (secondary N) is 2. The molecule has 1 saturated carbocycles. The van der Waals surface area contributed by atoms with Crippen molar-refractivity contribution in [3.8, 4) is 0 Å². The van der Waals surface area contributed by atoms with Crippen molar-refractivity contribution in [2.45, 2.75) is 38.3 Å². The van der Waals surface area contributed by atoms with E-state index in [2.05, 4.69) is 15.6 Å². The number of carbonyl (C=O) groups is 1. The minimum Gasteiger partial charge on any atom is -0.352 e.